The molecule has 0 spiro atoms. The Morgan fingerprint density at radius 1 is 0.743 bits per heavy atom. The zero-order valence-corrected chi connectivity index (χ0v) is 21.1. The predicted molar refractivity (Wildman–Crippen MR) is 139 cm³/mol. The molecule has 4 rings (SSSR count). The van der Waals surface area contributed by atoms with Gasteiger partial charge in [0.05, 0.1) is 0 Å². The number of halogens is 3. The third kappa shape index (κ3) is 6.18. The van der Waals surface area contributed by atoms with Gasteiger partial charge in [0.25, 0.3) is 0 Å². The minimum Gasteiger partial charge on any atom is -0.207 e. The molecule has 1 fully saturated rings. The Labute approximate surface area is 208 Å². The van der Waals surface area contributed by atoms with E-state index in [0.717, 1.165) is 68.9 Å². The molecule has 3 aromatic carbocycles. The molecule has 0 radical (unpaired) electrons. The minimum atomic E-state index is -0.750. The van der Waals surface area contributed by atoms with Crippen LogP contribution in [-0.2, 0) is 19.3 Å². The molecule has 0 unspecified atom stereocenters. The molecule has 0 heterocycles. The largest absolute Gasteiger partial charge is 0.207 e. The van der Waals surface area contributed by atoms with E-state index in [9.17, 15) is 13.2 Å². The van der Waals surface area contributed by atoms with Crippen molar-refractivity contribution >= 4 is 0 Å². The topological polar surface area (TPSA) is 0 Å². The van der Waals surface area contributed by atoms with Crippen LogP contribution in [0.5, 0.6) is 0 Å². The Hall–Kier alpha value is -2.55. The molecule has 1 aliphatic carbocycles. The Kier molecular flexibility index (Phi) is 8.70. The molecule has 3 aromatic rings. The van der Waals surface area contributed by atoms with Crippen molar-refractivity contribution in [3.05, 3.63) is 94.3 Å². The SMILES string of the molecule is CCCCc1ccc(C2CCC(CCc3ccc(-c4ccc(CC)cc4)c(F)c3F)CC2)cc1F. The molecule has 0 N–H and O–H groups in total. The van der Waals surface area contributed by atoms with Crippen LogP contribution >= 0.6 is 0 Å². The van der Waals surface area contributed by atoms with Crippen LogP contribution in [0.4, 0.5) is 13.2 Å². The summed E-state index contributed by atoms with van der Waals surface area (Å²) in [6.45, 7) is 4.19. The van der Waals surface area contributed by atoms with Gasteiger partial charge in [0.15, 0.2) is 11.6 Å². The lowest BCUT2D eigenvalue weighted by molar-refractivity contribution is 0.308. The van der Waals surface area contributed by atoms with Gasteiger partial charge in [-0.15, -0.1) is 0 Å². The molecule has 0 atom stereocenters. The van der Waals surface area contributed by atoms with Crippen molar-refractivity contribution in [2.24, 2.45) is 5.92 Å². The van der Waals surface area contributed by atoms with Crippen LogP contribution in [0.25, 0.3) is 11.1 Å². The summed E-state index contributed by atoms with van der Waals surface area (Å²) >= 11 is 0. The van der Waals surface area contributed by atoms with E-state index in [-0.39, 0.29) is 5.82 Å². The van der Waals surface area contributed by atoms with Crippen molar-refractivity contribution in [1.29, 1.82) is 0 Å². The van der Waals surface area contributed by atoms with E-state index in [1.165, 1.54) is 5.56 Å². The summed E-state index contributed by atoms with van der Waals surface area (Å²) in [6, 6.07) is 16.9. The number of hydrogen-bond donors (Lipinski definition) is 0. The fourth-order valence-electron chi connectivity index (χ4n) is 5.46. The van der Waals surface area contributed by atoms with E-state index in [1.54, 1.807) is 18.2 Å². The van der Waals surface area contributed by atoms with Gasteiger partial charge in [-0.25, -0.2) is 13.2 Å². The van der Waals surface area contributed by atoms with Gasteiger partial charge in [-0.05, 0) is 104 Å². The quantitative estimate of drug-likeness (QED) is 0.287. The summed E-state index contributed by atoms with van der Waals surface area (Å²) in [4.78, 5) is 0. The number of unbranched alkanes of at least 4 members (excludes halogenated alkanes) is 1. The monoisotopic (exact) mass is 478 g/mol. The first-order chi connectivity index (χ1) is 17.0. The third-order valence-corrected chi connectivity index (χ3v) is 7.85. The maximum atomic E-state index is 14.9. The number of benzene rings is 3. The van der Waals surface area contributed by atoms with E-state index in [2.05, 4.69) is 19.9 Å². The van der Waals surface area contributed by atoms with Gasteiger partial charge in [0.1, 0.15) is 5.82 Å². The second kappa shape index (κ2) is 11.9. The first kappa shape index (κ1) is 25.5. The molecule has 0 bridgehead atoms. The molecular weight excluding hydrogens is 441 g/mol. The maximum Gasteiger partial charge on any atom is 0.166 e. The number of aryl methyl sites for hydroxylation is 3. The molecule has 1 aliphatic rings. The summed E-state index contributed by atoms with van der Waals surface area (Å²) in [5.74, 6) is -0.633. The molecule has 0 aromatic heterocycles. The maximum absolute atomic E-state index is 14.9. The Morgan fingerprint density at radius 2 is 1.46 bits per heavy atom. The Balaban J connectivity index is 1.32. The summed E-state index contributed by atoms with van der Waals surface area (Å²) in [6.07, 6.45) is 9.37. The zero-order valence-electron chi connectivity index (χ0n) is 21.1. The van der Waals surface area contributed by atoms with Crippen LogP contribution in [0.15, 0.2) is 54.6 Å². The smallest absolute Gasteiger partial charge is 0.166 e. The highest BCUT2D eigenvalue weighted by atomic mass is 19.2. The van der Waals surface area contributed by atoms with E-state index in [1.807, 2.05) is 30.3 Å². The summed E-state index contributed by atoms with van der Waals surface area (Å²) in [5.41, 5.74) is 4.60. The first-order valence-corrected chi connectivity index (χ1v) is 13.3. The van der Waals surface area contributed by atoms with Crippen LogP contribution in [0.3, 0.4) is 0 Å². The van der Waals surface area contributed by atoms with Crippen molar-refractivity contribution in [3.8, 4) is 11.1 Å². The normalized spacial score (nSPS) is 18.1. The Morgan fingerprint density at radius 3 is 2.11 bits per heavy atom. The predicted octanol–water partition coefficient (Wildman–Crippen LogP) is 9.58. The lowest BCUT2D eigenvalue weighted by atomic mass is 9.76. The summed E-state index contributed by atoms with van der Waals surface area (Å²) in [5, 5.41) is 0. The number of hydrogen-bond acceptors (Lipinski definition) is 0. The highest BCUT2D eigenvalue weighted by Gasteiger charge is 2.24. The summed E-state index contributed by atoms with van der Waals surface area (Å²) in [7, 11) is 0. The van der Waals surface area contributed by atoms with Gasteiger partial charge in [0.2, 0.25) is 0 Å². The third-order valence-electron chi connectivity index (χ3n) is 7.85. The van der Waals surface area contributed by atoms with E-state index in [4.69, 9.17) is 0 Å². The van der Waals surface area contributed by atoms with Gasteiger partial charge in [-0.2, -0.15) is 0 Å². The fourth-order valence-corrected chi connectivity index (χ4v) is 5.46. The molecular formula is C32H37F3. The lowest BCUT2D eigenvalue weighted by Gasteiger charge is -2.29. The van der Waals surface area contributed by atoms with Crippen LogP contribution in [0.1, 0.15) is 87.0 Å². The average molecular weight is 479 g/mol. The van der Waals surface area contributed by atoms with Crippen molar-refractivity contribution in [2.75, 3.05) is 0 Å². The van der Waals surface area contributed by atoms with Crippen molar-refractivity contribution < 1.29 is 13.2 Å². The molecule has 1 saturated carbocycles. The van der Waals surface area contributed by atoms with Crippen molar-refractivity contribution in [1.82, 2.24) is 0 Å². The first-order valence-electron chi connectivity index (χ1n) is 13.3. The van der Waals surface area contributed by atoms with Crippen molar-refractivity contribution in [3.63, 3.8) is 0 Å². The molecule has 0 aliphatic heterocycles. The van der Waals surface area contributed by atoms with E-state index in [0.29, 0.717) is 34.9 Å². The van der Waals surface area contributed by atoms with Crippen LogP contribution in [0, 0.1) is 23.4 Å². The van der Waals surface area contributed by atoms with Gasteiger partial charge < -0.3 is 0 Å². The highest BCUT2D eigenvalue weighted by Crippen LogP contribution is 2.38. The van der Waals surface area contributed by atoms with Crippen LogP contribution < -0.4 is 0 Å². The zero-order chi connectivity index (χ0) is 24.8. The average Bonchev–Trinajstić information content (AvgIpc) is 2.89. The van der Waals surface area contributed by atoms with Crippen LogP contribution in [0.2, 0.25) is 0 Å². The second-order valence-corrected chi connectivity index (χ2v) is 10.2. The van der Waals surface area contributed by atoms with Gasteiger partial charge in [0, 0.05) is 5.56 Å². The van der Waals surface area contributed by atoms with E-state index >= 15 is 0 Å². The van der Waals surface area contributed by atoms with Crippen molar-refractivity contribution in [2.45, 2.75) is 84.0 Å². The standard InChI is InChI=1S/C32H37F3/c1-3-5-6-26-17-18-28(21-30(26)33)24-12-9-23(10-13-24)11-16-27-19-20-29(32(35)31(27)34)25-14-7-22(4-2)8-15-25/h7-8,14-15,17-21,23-24H,3-6,9-13,16H2,1-2H3. The highest BCUT2D eigenvalue weighted by molar-refractivity contribution is 5.65. The molecule has 0 amide bonds. The number of rotatable bonds is 9. The summed E-state index contributed by atoms with van der Waals surface area (Å²) < 4.78 is 44.2. The molecule has 0 saturated heterocycles. The van der Waals surface area contributed by atoms with Gasteiger partial charge in [-0.1, -0.05) is 68.8 Å². The fraction of sp³-hybridized carbons (Fsp3) is 0.438. The molecule has 35 heavy (non-hydrogen) atoms. The van der Waals surface area contributed by atoms with Gasteiger partial charge in [-0.3, -0.25) is 0 Å². The van der Waals surface area contributed by atoms with E-state index < -0.39 is 11.6 Å². The molecule has 186 valence electrons. The Bertz CT molecular complexity index is 1110. The van der Waals surface area contributed by atoms with Crippen LogP contribution in [-0.4, -0.2) is 0 Å². The second-order valence-electron chi connectivity index (χ2n) is 10.2. The van der Waals surface area contributed by atoms with Gasteiger partial charge >= 0.3 is 0 Å². The lowest BCUT2D eigenvalue weighted by Crippen LogP contribution is -2.14. The minimum absolute atomic E-state index is 0.0691. The molecule has 3 heteroatoms. The molecule has 0 nitrogen and oxygen atoms in total.